The van der Waals surface area contributed by atoms with Crippen molar-refractivity contribution in [2.45, 2.75) is 39.3 Å². The number of halogens is 1. The van der Waals surface area contributed by atoms with Gasteiger partial charge in [0.25, 0.3) is 0 Å². The lowest BCUT2D eigenvalue weighted by Crippen LogP contribution is -2.45. The predicted molar refractivity (Wildman–Crippen MR) is 132 cm³/mol. The monoisotopic (exact) mass is 508 g/mol. The highest BCUT2D eigenvalue weighted by Gasteiger charge is 2.27. The lowest BCUT2D eigenvalue weighted by atomic mass is 10.1. The summed E-state index contributed by atoms with van der Waals surface area (Å²) < 4.78 is 6.03. The normalized spacial score (nSPS) is 11.8. The van der Waals surface area contributed by atoms with Crippen LogP contribution in [-0.2, 0) is 9.53 Å². The second-order valence-electron chi connectivity index (χ2n) is 8.47. The first kappa shape index (κ1) is 24.2. The first-order valence-electron chi connectivity index (χ1n) is 10.3. The van der Waals surface area contributed by atoms with Gasteiger partial charge in [0.2, 0.25) is 5.91 Å². The molecule has 0 aliphatic rings. The van der Waals surface area contributed by atoms with Crippen molar-refractivity contribution in [2.75, 3.05) is 12.4 Å². The fourth-order valence-electron chi connectivity index (χ4n) is 2.79. The number of hydrogen-bond donors (Lipinski definition) is 1. The van der Waals surface area contributed by atoms with Gasteiger partial charge in [-0.15, -0.1) is 0 Å². The molecule has 170 valence electrons. The molecule has 1 unspecified atom stereocenters. The number of carbonyl (C=O) groups is 2. The summed E-state index contributed by atoms with van der Waals surface area (Å²) in [6.07, 6.45) is 2.97. The average molecular weight is 509 g/mol. The molecule has 2 amide bonds. The second-order valence-corrected chi connectivity index (χ2v) is 9.33. The molecule has 0 radical (unpaired) electrons. The van der Waals surface area contributed by atoms with Gasteiger partial charge < -0.3 is 10.1 Å². The number of benzene rings is 1. The van der Waals surface area contributed by atoms with Crippen LogP contribution < -0.4 is 5.32 Å². The topological polar surface area (TPSA) is 84.4 Å². The van der Waals surface area contributed by atoms with Crippen LogP contribution in [0.15, 0.2) is 53.3 Å². The maximum Gasteiger partial charge on any atom is 0.410 e. The molecule has 2 aromatic heterocycles. The number of anilines is 1. The van der Waals surface area contributed by atoms with E-state index in [9.17, 15) is 9.59 Å². The highest BCUT2D eigenvalue weighted by atomic mass is 79.9. The highest BCUT2D eigenvalue weighted by Crippen LogP contribution is 2.18. The van der Waals surface area contributed by atoms with Crippen LogP contribution in [0.25, 0.3) is 10.8 Å². The van der Waals surface area contributed by atoms with Crippen molar-refractivity contribution in [3.05, 3.63) is 64.5 Å². The Kier molecular flexibility index (Phi) is 7.34. The van der Waals surface area contributed by atoms with Gasteiger partial charge in [0.05, 0.1) is 4.47 Å². The summed E-state index contributed by atoms with van der Waals surface area (Å²) in [6.45, 7) is 6.93. The Morgan fingerprint density at radius 2 is 1.88 bits per heavy atom. The average Bonchev–Trinajstić information content (AvgIpc) is 2.77. The van der Waals surface area contributed by atoms with Crippen molar-refractivity contribution >= 4 is 44.5 Å². The molecule has 0 spiro atoms. The molecule has 0 saturated carbocycles. The summed E-state index contributed by atoms with van der Waals surface area (Å²) >= 11 is 3.45. The third-order valence-electron chi connectivity index (χ3n) is 4.70. The van der Waals surface area contributed by atoms with Crippen LogP contribution in [0.5, 0.6) is 0 Å². The number of fused-ring (bicyclic) bond motifs is 1. The summed E-state index contributed by atoms with van der Waals surface area (Å²) in [5.74, 6) is 6.10. The van der Waals surface area contributed by atoms with Crippen molar-refractivity contribution in [1.29, 1.82) is 0 Å². The largest absolute Gasteiger partial charge is 0.444 e. The van der Waals surface area contributed by atoms with Gasteiger partial charge >= 0.3 is 6.09 Å². The molecular weight excluding hydrogens is 484 g/mol. The molecule has 0 saturated heterocycles. The lowest BCUT2D eigenvalue weighted by molar-refractivity contribution is -0.120. The van der Waals surface area contributed by atoms with E-state index in [1.54, 1.807) is 52.2 Å². The van der Waals surface area contributed by atoms with E-state index < -0.39 is 17.7 Å². The Balaban J connectivity index is 1.74. The van der Waals surface area contributed by atoms with E-state index in [4.69, 9.17) is 4.74 Å². The molecule has 1 N–H and O–H groups in total. The third-order valence-corrected chi connectivity index (χ3v) is 5.34. The van der Waals surface area contributed by atoms with E-state index in [1.807, 2.05) is 24.3 Å². The number of hydrogen-bond acceptors (Lipinski definition) is 5. The molecule has 33 heavy (non-hydrogen) atoms. The minimum atomic E-state index is -0.757. The van der Waals surface area contributed by atoms with E-state index in [2.05, 4.69) is 43.1 Å². The standard InChI is InChI=1S/C25H25BrN4O3/c1-16(30(5)24(32)33-25(2,3)4)23(31)29-22-11-9-20(26)21(28-22)10-7-17-6-8-19-15-27-13-12-18(19)14-17/h6,8-9,11-16H,1-5H3,(H,28,29,31). The van der Waals surface area contributed by atoms with Crippen LogP contribution in [0.1, 0.15) is 39.0 Å². The number of rotatable bonds is 3. The number of nitrogens with zero attached hydrogens (tertiary/aromatic N) is 3. The van der Waals surface area contributed by atoms with Crippen LogP contribution in [0.4, 0.5) is 10.6 Å². The fourth-order valence-corrected chi connectivity index (χ4v) is 3.11. The van der Waals surface area contributed by atoms with Gasteiger partial charge in [0.15, 0.2) is 0 Å². The first-order chi connectivity index (χ1) is 15.5. The number of nitrogens with one attached hydrogen (secondary N) is 1. The van der Waals surface area contributed by atoms with Gasteiger partial charge in [-0.3, -0.25) is 14.7 Å². The molecule has 1 aromatic carbocycles. The van der Waals surface area contributed by atoms with Gasteiger partial charge in [0.1, 0.15) is 23.2 Å². The first-order valence-corrected chi connectivity index (χ1v) is 11.1. The fraction of sp³-hybridized carbons (Fsp3) is 0.280. The summed E-state index contributed by atoms with van der Waals surface area (Å²) in [7, 11) is 1.52. The zero-order valence-corrected chi connectivity index (χ0v) is 20.7. The van der Waals surface area contributed by atoms with E-state index >= 15 is 0 Å². The van der Waals surface area contributed by atoms with E-state index in [0.29, 0.717) is 16.0 Å². The Bertz CT molecular complexity index is 1260. The number of carbonyl (C=O) groups excluding carboxylic acids is 2. The SMILES string of the molecule is CC(C(=O)Nc1ccc(Br)c(C#Cc2ccc3cnccc3c2)n1)N(C)C(=O)OC(C)(C)C. The van der Waals surface area contributed by atoms with Crippen LogP contribution in [0.2, 0.25) is 0 Å². The molecule has 0 aliphatic heterocycles. The van der Waals surface area contributed by atoms with E-state index in [0.717, 1.165) is 16.3 Å². The molecule has 2 heterocycles. The van der Waals surface area contributed by atoms with Crippen LogP contribution in [0, 0.1) is 11.8 Å². The zero-order valence-electron chi connectivity index (χ0n) is 19.1. The number of pyridine rings is 2. The number of ether oxygens (including phenoxy) is 1. The van der Waals surface area contributed by atoms with E-state index in [-0.39, 0.29) is 5.91 Å². The molecule has 7 nitrogen and oxygen atoms in total. The Morgan fingerprint density at radius 1 is 1.12 bits per heavy atom. The molecule has 3 aromatic rings. The Hall–Kier alpha value is -3.44. The lowest BCUT2D eigenvalue weighted by Gasteiger charge is -2.28. The molecule has 1 atom stereocenters. The Labute approximate surface area is 201 Å². The summed E-state index contributed by atoms with van der Waals surface area (Å²) in [5, 5.41) is 4.82. The van der Waals surface area contributed by atoms with Gasteiger partial charge in [0, 0.05) is 30.4 Å². The molecule has 0 aliphatic carbocycles. The van der Waals surface area contributed by atoms with Crippen molar-refractivity contribution in [2.24, 2.45) is 0 Å². The third kappa shape index (κ3) is 6.53. The number of amides is 2. The summed E-state index contributed by atoms with van der Waals surface area (Å²) in [4.78, 5) is 34.7. The maximum atomic E-state index is 12.7. The Morgan fingerprint density at radius 3 is 2.61 bits per heavy atom. The number of likely N-dealkylation sites (N-methyl/N-ethyl adjacent to an activating group) is 1. The second kappa shape index (κ2) is 10.0. The molecule has 3 rings (SSSR count). The van der Waals surface area contributed by atoms with Crippen molar-refractivity contribution in [1.82, 2.24) is 14.9 Å². The van der Waals surface area contributed by atoms with Crippen molar-refractivity contribution in [3.8, 4) is 11.8 Å². The van der Waals surface area contributed by atoms with Crippen molar-refractivity contribution < 1.29 is 14.3 Å². The van der Waals surface area contributed by atoms with Gasteiger partial charge in [-0.2, -0.15) is 0 Å². The zero-order chi connectivity index (χ0) is 24.2. The smallest absolute Gasteiger partial charge is 0.410 e. The van der Waals surface area contributed by atoms with Gasteiger partial charge in [-0.1, -0.05) is 12.0 Å². The quantitative estimate of drug-likeness (QED) is 0.504. The van der Waals surface area contributed by atoms with E-state index in [1.165, 1.54) is 11.9 Å². The minimum Gasteiger partial charge on any atom is -0.444 e. The number of aromatic nitrogens is 2. The maximum absolute atomic E-state index is 12.7. The predicted octanol–water partition coefficient (Wildman–Crippen LogP) is 4.99. The molecule has 8 heteroatoms. The van der Waals surface area contributed by atoms with Crippen LogP contribution in [-0.4, -0.2) is 45.6 Å². The highest BCUT2D eigenvalue weighted by molar-refractivity contribution is 9.10. The summed E-state index contributed by atoms with van der Waals surface area (Å²) in [5.41, 5.74) is 0.671. The van der Waals surface area contributed by atoms with Crippen LogP contribution >= 0.6 is 15.9 Å². The minimum absolute atomic E-state index is 0.335. The van der Waals surface area contributed by atoms with Crippen molar-refractivity contribution in [3.63, 3.8) is 0 Å². The summed E-state index contributed by atoms with van der Waals surface area (Å²) in [6, 6.07) is 10.5. The molecular formula is C25H25BrN4O3. The molecule has 0 fully saturated rings. The van der Waals surface area contributed by atoms with Crippen LogP contribution in [0.3, 0.4) is 0 Å². The van der Waals surface area contributed by atoms with Gasteiger partial charge in [-0.05, 0) is 85.3 Å². The van der Waals surface area contributed by atoms with Gasteiger partial charge in [-0.25, -0.2) is 9.78 Å². The molecule has 0 bridgehead atoms.